The zero-order valence-electron chi connectivity index (χ0n) is 18.6. The Labute approximate surface area is 193 Å². The van der Waals surface area contributed by atoms with Crippen LogP contribution in [0.4, 0.5) is 11.4 Å². The van der Waals surface area contributed by atoms with Crippen molar-refractivity contribution in [1.82, 2.24) is 0 Å². The Morgan fingerprint density at radius 1 is 0.844 bits per heavy atom. The predicted molar refractivity (Wildman–Crippen MR) is 131 cm³/mol. The van der Waals surface area contributed by atoms with Crippen LogP contribution in [-0.2, 0) is 9.59 Å². The first-order valence-electron chi connectivity index (χ1n) is 10.6. The van der Waals surface area contributed by atoms with E-state index in [-0.39, 0.29) is 11.6 Å². The Balaban J connectivity index is 1.81. The fourth-order valence-electron chi connectivity index (χ4n) is 3.77. The molecule has 3 aromatic carbocycles. The van der Waals surface area contributed by atoms with Crippen LogP contribution in [0, 0.1) is 13.8 Å². The summed E-state index contributed by atoms with van der Waals surface area (Å²) in [7, 11) is 0. The third kappa shape index (κ3) is 4.06. The summed E-state index contributed by atoms with van der Waals surface area (Å²) in [6, 6.07) is 20.7. The number of nitrogens with one attached hydrogen (secondary N) is 1. The smallest absolute Gasteiger partial charge is 0.282 e. The summed E-state index contributed by atoms with van der Waals surface area (Å²) >= 11 is 6.19. The van der Waals surface area contributed by atoms with E-state index < -0.39 is 5.91 Å². The number of anilines is 2. The van der Waals surface area contributed by atoms with Crippen molar-refractivity contribution in [3.8, 4) is 0 Å². The number of aryl methyl sites for hydroxylation is 2. The van der Waals surface area contributed by atoms with E-state index in [9.17, 15) is 9.59 Å². The molecule has 0 saturated heterocycles. The first-order valence-corrected chi connectivity index (χ1v) is 11.0. The highest BCUT2D eigenvalue weighted by molar-refractivity contribution is 6.46. The van der Waals surface area contributed by atoms with Crippen LogP contribution in [0.2, 0.25) is 5.02 Å². The Hall–Kier alpha value is -3.37. The highest BCUT2D eigenvalue weighted by atomic mass is 35.5. The molecule has 0 aromatic heterocycles. The second kappa shape index (κ2) is 8.64. The van der Waals surface area contributed by atoms with Crippen LogP contribution in [0.1, 0.15) is 42.0 Å². The summed E-state index contributed by atoms with van der Waals surface area (Å²) in [5, 5.41) is 3.69. The van der Waals surface area contributed by atoms with Crippen LogP contribution < -0.4 is 10.2 Å². The van der Waals surface area contributed by atoms with Crippen LogP contribution in [0.25, 0.3) is 5.57 Å². The molecule has 1 aliphatic heterocycles. The number of benzene rings is 3. The molecule has 0 saturated carbocycles. The van der Waals surface area contributed by atoms with Gasteiger partial charge in [-0.15, -0.1) is 0 Å². The second-order valence-electron chi connectivity index (χ2n) is 8.39. The van der Waals surface area contributed by atoms with E-state index in [4.69, 9.17) is 11.6 Å². The van der Waals surface area contributed by atoms with Crippen molar-refractivity contribution in [2.75, 3.05) is 10.2 Å². The third-order valence-electron chi connectivity index (χ3n) is 5.68. The van der Waals surface area contributed by atoms with Gasteiger partial charge in [0.1, 0.15) is 5.70 Å². The quantitative estimate of drug-likeness (QED) is 0.458. The second-order valence-corrected chi connectivity index (χ2v) is 8.83. The molecule has 0 bridgehead atoms. The van der Waals surface area contributed by atoms with Crippen molar-refractivity contribution in [3.05, 3.63) is 99.7 Å². The van der Waals surface area contributed by atoms with Gasteiger partial charge in [-0.05, 0) is 60.7 Å². The van der Waals surface area contributed by atoms with Crippen LogP contribution in [0.15, 0.2) is 72.4 Å². The van der Waals surface area contributed by atoms with Crippen molar-refractivity contribution in [2.45, 2.75) is 33.6 Å². The molecular weight excluding hydrogens is 420 g/mol. The van der Waals surface area contributed by atoms with Gasteiger partial charge in [-0.1, -0.05) is 73.5 Å². The lowest BCUT2D eigenvalue weighted by atomic mass is 10.0. The van der Waals surface area contributed by atoms with Crippen molar-refractivity contribution in [3.63, 3.8) is 0 Å². The minimum atomic E-state index is -0.399. The van der Waals surface area contributed by atoms with Gasteiger partial charge in [0.2, 0.25) is 0 Å². The number of nitrogens with zero attached hydrogens (tertiary/aromatic N) is 1. The first kappa shape index (κ1) is 21.8. The number of carbonyl (C=O) groups excluding carboxylic acids is 2. The fraction of sp³-hybridized carbons (Fsp3) is 0.185. The predicted octanol–water partition coefficient (Wildman–Crippen LogP) is 6.48. The van der Waals surface area contributed by atoms with Crippen LogP contribution >= 0.6 is 11.6 Å². The number of hydrogen-bond acceptors (Lipinski definition) is 3. The average Bonchev–Trinajstić information content (AvgIpc) is 3.00. The maximum absolute atomic E-state index is 13.6. The summed E-state index contributed by atoms with van der Waals surface area (Å²) in [5.74, 6) is -0.364. The molecule has 0 fully saturated rings. The molecule has 0 unspecified atom stereocenters. The van der Waals surface area contributed by atoms with E-state index >= 15 is 0 Å². The lowest BCUT2D eigenvalue weighted by molar-refractivity contribution is -0.120. The van der Waals surface area contributed by atoms with Gasteiger partial charge in [-0.2, -0.15) is 0 Å². The van der Waals surface area contributed by atoms with Gasteiger partial charge in [0.15, 0.2) is 0 Å². The molecule has 0 spiro atoms. The molecule has 1 N–H and O–H groups in total. The molecule has 162 valence electrons. The topological polar surface area (TPSA) is 49.4 Å². The van der Waals surface area contributed by atoms with Crippen LogP contribution in [-0.4, -0.2) is 11.8 Å². The number of carbonyl (C=O) groups is 2. The summed E-state index contributed by atoms with van der Waals surface area (Å²) < 4.78 is 0. The average molecular weight is 445 g/mol. The minimum Gasteiger partial charge on any atom is -0.350 e. The Morgan fingerprint density at radius 3 is 2.12 bits per heavy atom. The largest absolute Gasteiger partial charge is 0.350 e. The lowest BCUT2D eigenvalue weighted by Gasteiger charge is -2.18. The standard InChI is InChI=1S/C27H25ClN2O2/c1-16(2)19-10-13-22(14-11-19)29-25-24(20-8-5-17(3)6-9-20)26(31)30(27(25)32)23-15-21(28)12-7-18(23)4/h5-16,29H,1-4H3. The van der Waals surface area contributed by atoms with Gasteiger partial charge in [-0.25, -0.2) is 4.90 Å². The van der Waals surface area contributed by atoms with Gasteiger partial charge in [0.05, 0.1) is 11.3 Å². The molecular formula is C27H25ClN2O2. The molecule has 0 atom stereocenters. The van der Waals surface area contributed by atoms with E-state index in [1.165, 1.54) is 10.5 Å². The van der Waals surface area contributed by atoms with E-state index in [0.29, 0.717) is 27.8 Å². The zero-order chi connectivity index (χ0) is 23.0. The third-order valence-corrected chi connectivity index (χ3v) is 5.92. The number of imide groups is 1. The minimum absolute atomic E-state index is 0.260. The van der Waals surface area contributed by atoms with Gasteiger partial charge < -0.3 is 5.32 Å². The maximum Gasteiger partial charge on any atom is 0.282 e. The number of amides is 2. The van der Waals surface area contributed by atoms with E-state index in [2.05, 4.69) is 19.2 Å². The summed E-state index contributed by atoms with van der Waals surface area (Å²) in [5.41, 5.74) is 5.61. The highest BCUT2D eigenvalue weighted by Crippen LogP contribution is 2.36. The Bertz CT molecular complexity index is 1230. The molecule has 1 aliphatic rings. The number of rotatable bonds is 5. The monoisotopic (exact) mass is 444 g/mol. The molecule has 3 aromatic rings. The van der Waals surface area contributed by atoms with Crippen LogP contribution in [0.3, 0.4) is 0 Å². The van der Waals surface area contributed by atoms with Crippen molar-refractivity contribution in [1.29, 1.82) is 0 Å². The molecule has 1 heterocycles. The normalized spacial score (nSPS) is 14.0. The van der Waals surface area contributed by atoms with E-state index in [1.807, 2.05) is 62.4 Å². The van der Waals surface area contributed by atoms with E-state index in [1.54, 1.807) is 18.2 Å². The Kier molecular flexibility index (Phi) is 5.90. The Morgan fingerprint density at radius 2 is 1.50 bits per heavy atom. The molecule has 2 amide bonds. The number of halogens is 1. The maximum atomic E-state index is 13.6. The summed E-state index contributed by atoms with van der Waals surface area (Å²) in [4.78, 5) is 28.3. The van der Waals surface area contributed by atoms with Gasteiger partial charge in [-0.3, -0.25) is 9.59 Å². The SMILES string of the molecule is Cc1ccc(C2=C(Nc3ccc(C(C)C)cc3)C(=O)N(c3cc(Cl)ccc3C)C2=O)cc1. The summed E-state index contributed by atoms with van der Waals surface area (Å²) in [6.45, 7) is 8.10. The molecule has 32 heavy (non-hydrogen) atoms. The van der Waals surface area contributed by atoms with Crippen molar-refractivity contribution in [2.24, 2.45) is 0 Å². The molecule has 0 radical (unpaired) electrons. The van der Waals surface area contributed by atoms with Gasteiger partial charge in [0.25, 0.3) is 11.8 Å². The first-order chi connectivity index (χ1) is 15.3. The van der Waals surface area contributed by atoms with Gasteiger partial charge in [0, 0.05) is 10.7 Å². The van der Waals surface area contributed by atoms with Crippen LogP contribution in [0.5, 0.6) is 0 Å². The van der Waals surface area contributed by atoms with Crippen molar-refractivity contribution >= 4 is 40.4 Å². The highest BCUT2D eigenvalue weighted by Gasteiger charge is 2.40. The number of hydrogen-bond donors (Lipinski definition) is 1. The lowest BCUT2D eigenvalue weighted by Crippen LogP contribution is -2.33. The van der Waals surface area contributed by atoms with Gasteiger partial charge >= 0.3 is 0 Å². The van der Waals surface area contributed by atoms with Crippen molar-refractivity contribution < 1.29 is 9.59 Å². The zero-order valence-corrected chi connectivity index (χ0v) is 19.3. The van der Waals surface area contributed by atoms with E-state index in [0.717, 1.165) is 16.8 Å². The molecule has 4 nitrogen and oxygen atoms in total. The molecule has 0 aliphatic carbocycles. The molecule has 4 rings (SSSR count). The molecule has 5 heteroatoms. The fourth-order valence-corrected chi connectivity index (χ4v) is 3.94. The summed E-state index contributed by atoms with van der Waals surface area (Å²) in [6.07, 6.45) is 0.